The first-order chi connectivity index (χ1) is 10.5. The molecule has 3 rings (SSSR count). The van der Waals surface area contributed by atoms with Crippen molar-refractivity contribution >= 4 is 35.1 Å². The van der Waals surface area contributed by atoms with E-state index in [1.165, 1.54) is 11.8 Å². The van der Waals surface area contributed by atoms with Crippen molar-refractivity contribution in [2.75, 3.05) is 17.7 Å². The van der Waals surface area contributed by atoms with Crippen molar-refractivity contribution in [1.29, 1.82) is 0 Å². The Hall–Kier alpha value is -2.55. The zero-order valence-electron chi connectivity index (χ0n) is 11.6. The number of hydrogen-bond acceptors (Lipinski definition) is 7. The number of hydrogen-bond donors (Lipinski definition) is 3. The van der Waals surface area contributed by atoms with E-state index in [-0.39, 0.29) is 24.2 Å². The first-order valence-corrected chi connectivity index (χ1v) is 7.36. The smallest absolute Gasteiger partial charge is 0.262 e. The van der Waals surface area contributed by atoms with Crippen LogP contribution < -0.4 is 15.8 Å². The Labute approximate surface area is 129 Å². The molecule has 1 aliphatic heterocycles. The number of ketones is 1. The fraction of sp³-hybridized carbons (Fsp3) is 0.231. The Morgan fingerprint density at radius 2 is 2.32 bits per heavy atom. The summed E-state index contributed by atoms with van der Waals surface area (Å²) in [6, 6.07) is 4.95. The van der Waals surface area contributed by atoms with Crippen LogP contribution >= 0.6 is 11.8 Å². The minimum absolute atomic E-state index is 0.0151. The molecule has 0 spiro atoms. The van der Waals surface area contributed by atoms with Gasteiger partial charge in [0, 0.05) is 5.56 Å². The Morgan fingerprint density at radius 1 is 1.50 bits per heavy atom. The molecule has 0 bridgehead atoms. The van der Waals surface area contributed by atoms with Crippen LogP contribution in [0.25, 0.3) is 0 Å². The van der Waals surface area contributed by atoms with Gasteiger partial charge in [0.1, 0.15) is 5.75 Å². The number of H-pyrrole nitrogens is 1. The van der Waals surface area contributed by atoms with Gasteiger partial charge < -0.3 is 15.8 Å². The molecular formula is C13H13N5O3S. The molecule has 0 unspecified atom stereocenters. The van der Waals surface area contributed by atoms with Gasteiger partial charge in [0.25, 0.3) is 5.91 Å². The van der Waals surface area contributed by atoms with Crippen LogP contribution in [0.4, 0.5) is 11.6 Å². The number of fused-ring (bicyclic) bond motifs is 1. The van der Waals surface area contributed by atoms with Crippen LogP contribution in [0.1, 0.15) is 17.3 Å². The van der Waals surface area contributed by atoms with Crippen molar-refractivity contribution < 1.29 is 14.3 Å². The molecular weight excluding hydrogens is 306 g/mol. The molecule has 1 aliphatic rings. The Kier molecular flexibility index (Phi) is 3.72. The molecule has 4 N–H and O–H groups in total. The predicted octanol–water partition coefficient (Wildman–Crippen LogP) is 1.08. The van der Waals surface area contributed by atoms with Crippen molar-refractivity contribution in [2.24, 2.45) is 0 Å². The summed E-state index contributed by atoms with van der Waals surface area (Å²) in [7, 11) is 0. The maximum atomic E-state index is 12.5. The molecule has 0 saturated heterocycles. The van der Waals surface area contributed by atoms with Crippen LogP contribution in [0.15, 0.2) is 23.4 Å². The van der Waals surface area contributed by atoms with Crippen LogP contribution in [0, 0.1) is 0 Å². The third-order valence-corrected chi connectivity index (χ3v) is 3.99. The molecule has 114 valence electrons. The minimum atomic E-state index is -0.395. The normalized spacial score (nSPS) is 14.7. The quantitative estimate of drug-likeness (QED) is 0.569. The molecule has 9 heteroatoms. The number of benzene rings is 1. The van der Waals surface area contributed by atoms with Crippen molar-refractivity contribution in [1.82, 2.24) is 15.2 Å². The number of Topliss-reactive ketones (excluding diaryl/α,β-unsaturated/α-hetero) is 1. The van der Waals surface area contributed by atoms with Crippen molar-refractivity contribution in [3.8, 4) is 5.75 Å². The van der Waals surface area contributed by atoms with E-state index in [1.807, 2.05) is 0 Å². The van der Waals surface area contributed by atoms with E-state index in [1.54, 1.807) is 25.1 Å². The van der Waals surface area contributed by atoms with Crippen LogP contribution in [0.5, 0.6) is 5.75 Å². The SMILES string of the molecule is C[C@@H](Sc1n[nH]c(N)n1)C(=O)c1ccc2c(c1)NC(=O)CO2. The highest BCUT2D eigenvalue weighted by Crippen LogP contribution is 2.30. The lowest BCUT2D eigenvalue weighted by atomic mass is 10.1. The van der Waals surface area contributed by atoms with Gasteiger partial charge in [-0.1, -0.05) is 11.8 Å². The van der Waals surface area contributed by atoms with Crippen LogP contribution in [0.3, 0.4) is 0 Å². The predicted molar refractivity (Wildman–Crippen MR) is 81.0 cm³/mol. The zero-order valence-corrected chi connectivity index (χ0v) is 12.4. The van der Waals surface area contributed by atoms with E-state index in [0.29, 0.717) is 22.2 Å². The Bertz CT molecular complexity index is 745. The lowest BCUT2D eigenvalue weighted by Gasteiger charge is -2.18. The fourth-order valence-electron chi connectivity index (χ4n) is 1.99. The van der Waals surface area contributed by atoms with Crippen LogP contribution in [-0.2, 0) is 4.79 Å². The lowest BCUT2D eigenvalue weighted by molar-refractivity contribution is -0.118. The zero-order chi connectivity index (χ0) is 15.7. The number of rotatable bonds is 4. The lowest BCUT2D eigenvalue weighted by Crippen LogP contribution is -2.25. The van der Waals surface area contributed by atoms with Gasteiger partial charge >= 0.3 is 0 Å². The van der Waals surface area contributed by atoms with Crippen LogP contribution in [0.2, 0.25) is 0 Å². The van der Waals surface area contributed by atoms with E-state index in [2.05, 4.69) is 20.5 Å². The number of carbonyl (C=O) groups excluding carboxylic acids is 2. The summed E-state index contributed by atoms with van der Waals surface area (Å²) in [5, 5.41) is 9.10. The number of aromatic nitrogens is 3. The van der Waals surface area contributed by atoms with E-state index in [0.717, 1.165) is 0 Å². The first kappa shape index (κ1) is 14.4. The second kappa shape index (κ2) is 5.68. The number of aromatic amines is 1. The highest BCUT2D eigenvalue weighted by atomic mass is 32.2. The molecule has 2 heterocycles. The number of nitrogen functional groups attached to an aromatic ring is 1. The van der Waals surface area contributed by atoms with Gasteiger partial charge in [0.2, 0.25) is 11.1 Å². The maximum absolute atomic E-state index is 12.5. The molecule has 0 aliphatic carbocycles. The van der Waals surface area contributed by atoms with E-state index in [4.69, 9.17) is 10.5 Å². The molecule has 1 atom stereocenters. The summed E-state index contributed by atoms with van der Waals surface area (Å²) >= 11 is 1.20. The Balaban J connectivity index is 1.77. The van der Waals surface area contributed by atoms with E-state index in [9.17, 15) is 9.59 Å². The summed E-state index contributed by atoms with van der Waals surface area (Å²) in [5.41, 5.74) is 6.43. The fourth-order valence-corrected chi connectivity index (χ4v) is 2.80. The molecule has 2 aromatic rings. The number of ether oxygens (including phenoxy) is 1. The number of carbonyl (C=O) groups is 2. The second-order valence-corrected chi connectivity index (χ2v) is 5.98. The molecule has 22 heavy (non-hydrogen) atoms. The number of anilines is 2. The van der Waals surface area contributed by atoms with Crippen LogP contribution in [-0.4, -0.2) is 38.7 Å². The second-order valence-electron chi connectivity index (χ2n) is 4.68. The van der Waals surface area contributed by atoms with Gasteiger partial charge in [-0.05, 0) is 25.1 Å². The summed E-state index contributed by atoms with van der Waals surface area (Å²) in [6.07, 6.45) is 0. The number of nitrogens with two attached hydrogens (primary N) is 1. The average Bonchev–Trinajstić information content (AvgIpc) is 2.90. The average molecular weight is 319 g/mol. The van der Waals surface area contributed by atoms with Crippen molar-refractivity contribution in [3.63, 3.8) is 0 Å². The minimum Gasteiger partial charge on any atom is -0.482 e. The molecule has 0 fully saturated rings. The monoisotopic (exact) mass is 319 g/mol. The third-order valence-electron chi connectivity index (χ3n) is 3.03. The number of amides is 1. The van der Waals surface area contributed by atoms with Crippen molar-refractivity contribution in [2.45, 2.75) is 17.3 Å². The summed E-state index contributed by atoms with van der Waals surface area (Å²) in [5.74, 6) is 0.417. The standard InChI is InChI=1S/C13H13N5O3S/c1-6(22-13-16-12(14)17-18-13)11(20)7-2-3-9-8(4-7)15-10(19)5-21-9/h2-4,6H,5H2,1H3,(H,15,19)(H3,14,16,17,18)/t6-/m1/s1. The van der Waals surface area contributed by atoms with E-state index >= 15 is 0 Å². The molecule has 1 amide bonds. The topological polar surface area (TPSA) is 123 Å². The van der Waals surface area contributed by atoms with Gasteiger partial charge in [-0.15, -0.1) is 5.10 Å². The van der Waals surface area contributed by atoms with Gasteiger partial charge in [-0.2, -0.15) is 4.98 Å². The highest BCUT2D eigenvalue weighted by Gasteiger charge is 2.22. The largest absolute Gasteiger partial charge is 0.482 e. The molecule has 8 nitrogen and oxygen atoms in total. The number of thioether (sulfide) groups is 1. The maximum Gasteiger partial charge on any atom is 0.262 e. The Morgan fingerprint density at radius 3 is 3.05 bits per heavy atom. The van der Waals surface area contributed by atoms with Gasteiger partial charge in [0.15, 0.2) is 12.4 Å². The van der Waals surface area contributed by atoms with E-state index < -0.39 is 5.25 Å². The molecule has 0 radical (unpaired) electrons. The third kappa shape index (κ3) is 2.89. The van der Waals surface area contributed by atoms with Gasteiger partial charge in [-0.25, -0.2) is 5.10 Å². The summed E-state index contributed by atoms with van der Waals surface area (Å²) in [6.45, 7) is 1.74. The van der Waals surface area contributed by atoms with Crippen molar-refractivity contribution in [3.05, 3.63) is 23.8 Å². The summed E-state index contributed by atoms with van der Waals surface area (Å²) in [4.78, 5) is 27.7. The molecule has 1 aromatic carbocycles. The summed E-state index contributed by atoms with van der Waals surface area (Å²) < 4.78 is 5.26. The molecule has 0 saturated carbocycles. The molecule has 1 aromatic heterocycles. The highest BCUT2D eigenvalue weighted by molar-refractivity contribution is 8.00. The first-order valence-electron chi connectivity index (χ1n) is 6.48. The van der Waals surface area contributed by atoms with Gasteiger partial charge in [0.05, 0.1) is 10.9 Å². The van der Waals surface area contributed by atoms with Gasteiger partial charge in [-0.3, -0.25) is 9.59 Å². The number of nitrogens with one attached hydrogen (secondary N) is 2. The number of nitrogens with zero attached hydrogens (tertiary/aromatic N) is 2.